The summed E-state index contributed by atoms with van der Waals surface area (Å²) < 4.78 is 17.4. The van der Waals surface area contributed by atoms with Gasteiger partial charge in [-0.25, -0.2) is 0 Å². The predicted molar refractivity (Wildman–Crippen MR) is 85.6 cm³/mol. The number of rotatable bonds is 6. The number of methoxy groups -OCH3 is 2. The molecule has 0 bridgehead atoms. The van der Waals surface area contributed by atoms with E-state index in [0.29, 0.717) is 34.1 Å². The molecule has 0 aliphatic carbocycles. The van der Waals surface area contributed by atoms with Gasteiger partial charge in [-0.1, -0.05) is 16.9 Å². The van der Waals surface area contributed by atoms with E-state index in [1.165, 1.54) is 11.8 Å². The van der Waals surface area contributed by atoms with Crippen molar-refractivity contribution in [2.24, 2.45) is 0 Å². The van der Waals surface area contributed by atoms with Crippen LogP contribution < -0.4 is 9.47 Å². The molecule has 126 valence electrons. The summed E-state index contributed by atoms with van der Waals surface area (Å²) in [5.74, 6) is 2.42. The number of thioether (sulfide) groups is 1. The van der Waals surface area contributed by atoms with E-state index in [1.54, 1.807) is 38.0 Å². The molecule has 0 saturated carbocycles. The normalized spacial score (nSPS) is 12.2. The molecule has 0 spiro atoms. The van der Waals surface area contributed by atoms with Crippen LogP contribution in [0.4, 0.5) is 0 Å². The monoisotopic (exact) mass is 348 g/mol. The fourth-order valence-corrected chi connectivity index (χ4v) is 2.88. The van der Waals surface area contributed by atoms with Crippen molar-refractivity contribution in [3.8, 4) is 17.2 Å². The van der Waals surface area contributed by atoms with Crippen LogP contribution in [0.1, 0.15) is 23.9 Å². The van der Waals surface area contributed by atoms with Gasteiger partial charge in [-0.3, -0.25) is 0 Å². The van der Waals surface area contributed by atoms with Gasteiger partial charge in [0.1, 0.15) is 17.2 Å². The summed E-state index contributed by atoms with van der Waals surface area (Å²) in [6, 6.07) is 5.42. The largest absolute Gasteiger partial charge is 0.497 e. The van der Waals surface area contributed by atoms with Gasteiger partial charge in [0.25, 0.3) is 0 Å². The van der Waals surface area contributed by atoms with E-state index in [-0.39, 0.29) is 5.25 Å². The third-order valence-corrected chi connectivity index (χ3v) is 4.25. The molecule has 24 heavy (non-hydrogen) atoms. The highest BCUT2D eigenvalue weighted by Crippen LogP contribution is 2.35. The minimum absolute atomic E-state index is 0.104. The summed E-state index contributed by atoms with van der Waals surface area (Å²) in [7, 11) is 3.19. The number of aryl methyl sites for hydroxylation is 1. The molecule has 2 heterocycles. The Morgan fingerprint density at radius 3 is 2.75 bits per heavy atom. The second-order valence-corrected chi connectivity index (χ2v) is 6.16. The van der Waals surface area contributed by atoms with Gasteiger partial charge < -0.3 is 14.0 Å². The molecule has 0 N–H and O–H groups in total. The Kier molecular flexibility index (Phi) is 4.65. The molecule has 0 aliphatic rings. The molecule has 9 nitrogen and oxygen atoms in total. The fraction of sp³-hybridized carbons (Fsp3) is 0.357. The summed E-state index contributed by atoms with van der Waals surface area (Å²) in [5.41, 5.74) is 0.679. The highest BCUT2D eigenvalue weighted by Gasteiger charge is 2.21. The molecule has 3 aromatic rings. The summed E-state index contributed by atoms with van der Waals surface area (Å²) in [6.45, 7) is 3.72. The van der Waals surface area contributed by atoms with Gasteiger partial charge in [0.2, 0.25) is 11.0 Å². The number of hydrogen-bond donors (Lipinski definition) is 0. The smallest absolute Gasteiger partial charge is 0.239 e. The SMILES string of the molecule is COc1ccc(OC)c(-n2nnnc2S[C@@H](C)c2nc(C)no2)c1. The van der Waals surface area contributed by atoms with Gasteiger partial charge >= 0.3 is 0 Å². The van der Waals surface area contributed by atoms with Crippen molar-refractivity contribution in [2.45, 2.75) is 24.3 Å². The average molecular weight is 348 g/mol. The summed E-state index contributed by atoms with van der Waals surface area (Å²) in [4.78, 5) is 4.23. The molecule has 3 rings (SSSR count). The Balaban J connectivity index is 1.93. The van der Waals surface area contributed by atoms with Crippen LogP contribution in [0.25, 0.3) is 5.69 Å². The standard InChI is InChI=1S/C14H16N6O3S/c1-8(13-15-9(2)17-23-13)24-14-16-18-19-20(14)11-7-10(21-3)5-6-12(11)22-4/h5-8H,1-4H3/t8-/m0/s1. The highest BCUT2D eigenvalue weighted by molar-refractivity contribution is 7.99. The van der Waals surface area contributed by atoms with Crippen molar-refractivity contribution in [3.05, 3.63) is 29.9 Å². The van der Waals surface area contributed by atoms with Crippen LogP contribution in [-0.2, 0) is 0 Å². The first-order valence-electron chi connectivity index (χ1n) is 7.10. The first kappa shape index (κ1) is 16.2. The lowest BCUT2D eigenvalue weighted by molar-refractivity contribution is 0.376. The summed E-state index contributed by atoms with van der Waals surface area (Å²) >= 11 is 1.41. The maximum atomic E-state index is 5.39. The maximum Gasteiger partial charge on any atom is 0.239 e. The van der Waals surface area contributed by atoms with E-state index in [2.05, 4.69) is 25.7 Å². The zero-order valence-electron chi connectivity index (χ0n) is 13.6. The molecular weight excluding hydrogens is 332 g/mol. The molecule has 0 radical (unpaired) electrons. The minimum Gasteiger partial charge on any atom is -0.497 e. The number of hydrogen-bond acceptors (Lipinski definition) is 9. The molecule has 0 fully saturated rings. The molecular formula is C14H16N6O3S. The van der Waals surface area contributed by atoms with Crippen molar-refractivity contribution < 1.29 is 14.0 Å². The number of aromatic nitrogens is 6. The van der Waals surface area contributed by atoms with Crippen LogP contribution in [0.2, 0.25) is 0 Å². The molecule has 0 unspecified atom stereocenters. The third-order valence-electron chi connectivity index (χ3n) is 3.23. The first-order valence-corrected chi connectivity index (χ1v) is 7.98. The molecule has 1 atom stereocenters. The lowest BCUT2D eigenvalue weighted by atomic mass is 10.3. The van der Waals surface area contributed by atoms with Gasteiger partial charge in [-0.15, -0.1) is 5.10 Å². The zero-order valence-corrected chi connectivity index (χ0v) is 14.4. The Morgan fingerprint density at radius 2 is 2.08 bits per heavy atom. The van der Waals surface area contributed by atoms with Crippen LogP contribution in [0.15, 0.2) is 27.9 Å². The van der Waals surface area contributed by atoms with Crippen LogP contribution in [0.3, 0.4) is 0 Å². The number of tetrazole rings is 1. The molecule has 0 amide bonds. The van der Waals surface area contributed by atoms with Gasteiger partial charge in [-0.2, -0.15) is 9.67 Å². The number of benzene rings is 1. The van der Waals surface area contributed by atoms with E-state index in [9.17, 15) is 0 Å². The van der Waals surface area contributed by atoms with Gasteiger partial charge in [0.15, 0.2) is 5.82 Å². The summed E-state index contributed by atoms with van der Waals surface area (Å²) in [6.07, 6.45) is 0. The molecule has 2 aromatic heterocycles. The Labute approximate surface area is 142 Å². The van der Waals surface area contributed by atoms with E-state index in [1.807, 2.05) is 13.0 Å². The van der Waals surface area contributed by atoms with E-state index in [0.717, 1.165) is 0 Å². The van der Waals surface area contributed by atoms with Crippen LogP contribution in [-0.4, -0.2) is 44.6 Å². The zero-order chi connectivity index (χ0) is 17.1. The Bertz CT molecular complexity index is 834. The van der Waals surface area contributed by atoms with E-state index < -0.39 is 0 Å². The molecule has 0 aliphatic heterocycles. The predicted octanol–water partition coefficient (Wildman–Crippen LogP) is 2.22. The van der Waals surface area contributed by atoms with Gasteiger partial charge in [0, 0.05) is 6.07 Å². The lowest BCUT2D eigenvalue weighted by Crippen LogP contribution is -2.03. The second-order valence-electron chi connectivity index (χ2n) is 4.85. The van der Waals surface area contributed by atoms with Crippen LogP contribution >= 0.6 is 11.8 Å². The van der Waals surface area contributed by atoms with Crippen molar-refractivity contribution in [3.63, 3.8) is 0 Å². The number of nitrogens with zero attached hydrogens (tertiary/aromatic N) is 6. The topological polar surface area (TPSA) is 101 Å². The minimum atomic E-state index is -0.104. The quantitative estimate of drug-likeness (QED) is 0.620. The first-order chi connectivity index (χ1) is 11.6. The Hall–Kier alpha value is -2.62. The maximum absolute atomic E-state index is 5.39. The molecule has 1 aromatic carbocycles. The second kappa shape index (κ2) is 6.87. The van der Waals surface area contributed by atoms with Gasteiger partial charge in [0.05, 0.1) is 19.5 Å². The fourth-order valence-electron chi connectivity index (χ4n) is 2.05. The molecule has 0 saturated heterocycles. The van der Waals surface area contributed by atoms with E-state index >= 15 is 0 Å². The van der Waals surface area contributed by atoms with Crippen LogP contribution in [0.5, 0.6) is 11.5 Å². The van der Waals surface area contributed by atoms with Crippen molar-refractivity contribution in [2.75, 3.05) is 14.2 Å². The lowest BCUT2D eigenvalue weighted by Gasteiger charge is -2.12. The van der Waals surface area contributed by atoms with Crippen molar-refractivity contribution >= 4 is 11.8 Å². The van der Waals surface area contributed by atoms with Crippen molar-refractivity contribution in [1.29, 1.82) is 0 Å². The Morgan fingerprint density at radius 1 is 1.25 bits per heavy atom. The average Bonchev–Trinajstić information content (AvgIpc) is 3.23. The highest BCUT2D eigenvalue weighted by atomic mass is 32.2. The third kappa shape index (κ3) is 3.18. The van der Waals surface area contributed by atoms with Crippen molar-refractivity contribution in [1.82, 2.24) is 30.3 Å². The van der Waals surface area contributed by atoms with E-state index in [4.69, 9.17) is 14.0 Å². The van der Waals surface area contributed by atoms with Crippen LogP contribution in [0, 0.1) is 6.92 Å². The van der Waals surface area contributed by atoms with Gasteiger partial charge in [-0.05, 0) is 36.4 Å². The molecule has 10 heteroatoms. The number of ether oxygens (including phenoxy) is 2. The summed E-state index contributed by atoms with van der Waals surface area (Å²) in [5, 5.41) is 16.2.